The van der Waals surface area contributed by atoms with E-state index in [1.54, 1.807) is 0 Å². The minimum absolute atomic E-state index is 0.0178. The van der Waals surface area contributed by atoms with Crippen molar-refractivity contribution in [3.05, 3.63) is 29.6 Å². The zero-order valence-electron chi connectivity index (χ0n) is 11.8. The van der Waals surface area contributed by atoms with E-state index < -0.39 is 0 Å². The molecule has 0 aromatic carbocycles. The average molecular weight is 250 g/mol. The molecule has 4 heteroatoms. The molecule has 0 saturated carbocycles. The number of imidazole rings is 1. The molecule has 0 aliphatic heterocycles. The number of aliphatic hydroxyl groups is 1. The van der Waals surface area contributed by atoms with Crippen molar-refractivity contribution in [2.45, 2.75) is 40.0 Å². The summed E-state index contributed by atoms with van der Waals surface area (Å²) < 4.78 is 1.85. The van der Waals surface area contributed by atoms with Gasteiger partial charge >= 0.3 is 0 Å². The summed E-state index contributed by atoms with van der Waals surface area (Å²) in [7, 11) is 1.87. The van der Waals surface area contributed by atoms with Gasteiger partial charge in [-0.3, -0.25) is 4.79 Å². The van der Waals surface area contributed by atoms with Gasteiger partial charge in [0.15, 0.2) is 5.78 Å². The maximum atomic E-state index is 12.0. The van der Waals surface area contributed by atoms with Crippen LogP contribution in [0.4, 0.5) is 0 Å². The standard InChI is InChI=1S/C14H22N2O2/c1-6-9(2)12(17)7-13(18)11(4)14-15-10(3)8-16(14)5/h7-9,11,17H,6H2,1-5H3. The van der Waals surface area contributed by atoms with E-state index in [2.05, 4.69) is 4.98 Å². The van der Waals surface area contributed by atoms with Crippen molar-refractivity contribution in [1.29, 1.82) is 0 Å². The fourth-order valence-corrected chi connectivity index (χ4v) is 1.79. The number of carbonyl (C=O) groups excluding carboxylic acids is 1. The third-order valence-corrected chi connectivity index (χ3v) is 3.25. The van der Waals surface area contributed by atoms with E-state index in [1.807, 2.05) is 45.5 Å². The highest BCUT2D eigenvalue weighted by molar-refractivity contribution is 5.94. The lowest BCUT2D eigenvalue weighted by atomic mass is 10.0. The molecule has 0 spiro atoms. The highest BCUT2D eigenvalue weighted by atomic mass is 16.3. The van der Waals surface area contributed by atoms with Crippen LogP contribution in [-0.2, 0) is 11.8 Å². The largest absolute Gasteiger partial charge is 0.512 e. The zero-order valence-corrected chi connectivity index (χ0v) is 11.8. The number of rotatable bonds is 5. The van der Waals surface area contributed by atoms with E-state index in [9.17, 15) is 9.90 Å². The van der Waals surface area contributed by atoms with E-state index in [0.717, 1.165) is 17.9 Å². The van der Waals surface area contributed by atoms with Crippen LogP contribution in [0.1, 0.15) is 44.6 Å². The molecule has 0 bridgehead atoms. The summed E-state index contributed by atoms with van der Waals surface area (Å²) >= 11 is 0. The lowest BCUT2D eigenvalue weighted by Crippen LogP contribution is -2.13. The summed E-state index contributed by atoms with van der Waals surface area (Å²) in [6.45, 7) is 7.58. The number of hydrogen-bond acceptors (Lipinski definition) is 3. The Hall–Kier alpha value is -1.58. The first-order chi connectivity index (χ1) is 8.36. The van der Waals surface area contributed by atoms with Gasteiger partial charge in [0.25, 0.3) is 0 Å². The van der Waals surface area contributed by atoms with Crippen molar-refractivity contribution in [1.82, 2.24) is 9.55 Å². The molecule has 0 aliphatic rings. The van der Waals surface area contributed by atoms with E-state index in [-0.39, 0.29) is 23.4 Å². The van der Waals surface area contributed by atoms with Crippen molar-refractivity contribution in [3.63, 3.8) is 0 Å². The molecule has 0 aliphatic carbocycles. The van der Waals surface area contributed by atoms with E-state index in [0.29, 0.717) is 0 Å². The molecule has 1 aromatic heterocycles. The second kappa shape index (κ2) is 5.85. The number of aryl methyl sites for hydroxylation is 2. The number of nitrogens with zero attached hydrogens (tertiary/aromatic N) is 2. The molecule has 1 rings (SSSR count). The smallest absolute Gasteiger partial charge is 0.169 e. The molecule has 4 nitrogen and oxygen atoms in total. The van der Waals surface area contributed by atoms with Gasteiger partial charge in [-0.05, 0) is 20.3 Å². The molecule has 0 radical (unpaired) electrons. The van der Waals surface area contributed by atoms with Crippen LogP contribution in [0, 0.1) is 12.8 Å². The van der Waals surface area contributed by atoms with E-state index >= 15 is 0 Å². The Morgan fingerprint density at radius 1 is 1.56 bits per heavy atom. The minimum Gasteiger partial charge on any atom is -0.512 e. The molecular weight excluding hydrogens is 228 g/mol. The third kappa shape index (κ3) is 3.22. The van der Waals surface area contributed by atoms with Crippen molar-refractivity contribution in [2.24, 2.45) is 13.0 Å². The van der Waals surface area contributed by atoms with Crippen LogP contribution in [0.5, 0.6) is 0 Å². The zero-order chi connectivity index (χ0) is 13.9. The van der Waals surface area contributed by atoms with Gasteiger partial charge in [-0.2, -0.15) is 0 Å². The first kappa shape index (κ1) is 14.5. The van der Waals surface area contributed by atoms with Crippen LogP contribution in [0.15, 0.2) is 18.0 Å². The molecule has 0 amide bonds. The maximum Gasteiger partial charge on any atom is 0.169 e. The predicted molar refractivity (Wildman–Crippen MR) is 71.5 cm³/mol. The highest BCUT2D eigenvalue weighted by Gasteiger charge is 2.19. The summed E-state index contributed by atoms with van der Waals surface area (Å²) in [5, 5.41) is 9.77. The lowest BCUT2D eigenvalue weighted by Gasteiger charge is -2.10. The van der Waals surface area contributed by atoms with E-state index in [4.69, 9.17) is 0 Å². The molecule has 0 fully saturated rings. The van der Waals surface area contributed by atoms with Crippen LogP contribution in [-0.4, -0.2) is 20.4 Å². The number of ketones is 1. The van der Waals surface area contributed by atoms with Crippen LogP contribution in [0.2, 0.25) is 0 Å². The molecule has 0 saturated heterocycles. The van der Waals surface area contributed by atoms with Gasteiger partial charge in [-0.25, -0.2) is 4.98 Å². The summed E-state index contributed by atoms with van der Waals surface area (Å²) in [5.74, 6) is 0.451. The second-order valence-electron chi connectivity index (χ2n) is 4.85. The van der Waals surface area contributed by atoms with Crippen LogP contribution < -0.4 is 0 Å². The maximum absolute atomic E-state index is 12.0. The Morgan fingerprint density at radius 2 is 2.17 bits per heavy atom. The summed E-state index contributed by atoms with van der Waals surface area (Å²) in [6.07, 6.45) is 4.03. The van der Waals surface area contributed by atoms with Crippen molar-refractivity contribution in [3.8, 4) is 0 Å². The topological polar surface area (TPSA) is 55.1 Å². The molecule has 1 N–H and O–H groups in total. The number of aromatic nitrogens is 2. The van der Waals surface area contributed by atoms with Gasteiger partial charge in [-0.15, -0.1) is 0 Å². The van der Waals surface area contributed by atoms with Gasteiger partial charge in [0, 0.05) is 25.2 Å². The Balaban J connectivity index is 2.88. The van der Waals surface area contributed by atoms with Gasteiger partial charge in [0.05, 0.1) is 17.4 Å². The molecule has 2 unspecified atom stereocenters. The molecule has 100 valence electrons. The second-order valence-corrected chi connectivity index (χ2v) is 4.85. The van der Waals surface area contributed by atoms with Crippen LogP contribution >= 0.6 is 0 Å². The summed E-state index contributed by atoms with van der Waals surface area (Å²) in [6, 6.07) is 0. The van der Waals surface area contributed by atoms with Crippen LogP contribution in [0.3, 0.4) is 0 Å². The predicted octanol–water partition coefficient (Wildman–Crippen LogP) is 2.89. The normalized spacial score (nSPS) is 15.5. The monoisotopic (exact) mass is 250 g/mol. The summed E-state index contributed by atoms with van der Waals surface area (Å²) in [4.78, 5) is 16.4. The number of aliphatic hydroxyl groups excluding tert-OH is 1. The fourth-order valence-electron chi connectivity index (χ4n) is 1.79. The Kier molecular flexibility index (Phi) is 4.70. The minimum atomic E-state index is -0.338. The quantitative estimate of drug-likeness (QED) is 0.645. The van der Waals surface area contributed by atoms with E-state index in [1.165, 1.54) is 6.08 Å². The van der Waals surface area contributed by atoms with Crippen molar-refractivity contribution < 1.29 is 9.90 Å². The Bertz CT molecular complexity index is 460. The van der Waals surface area contributed by atoms with Gasteiger partial charge in [-0.1, -0.05) is 13.8 Å². The Morgan fingerprint density at radius 3 is 2.61 bits per heavy atom. The SMILES string of the molecule is CCC(C)C(O)=CC(=O)C(C)c1nc(C)cn1C. The molecule has 1 aromatic rings. The average Bonchev–Trinajstić information content (AvgIpc) is 2.66. The lowest BCUT2D eigenvalue weighted by molar-refractivity contribution is -0.116. The first-order valence-corrected chi connectivity index (χ1v) is 6.31. The van der Waals surface area contributed by atoms with Crippen LogP contribution in [0.25, 0.3) is 0 Å². The number of hydrogen-bond donors (Lipinski definition) is 1. The van der Waals surface area contributed by atoms with Gasteiger partial charge in [0.2, 0.25) is 0 Å². The molecule has 2 atom stereocenters. The first-order valence-electron chi connectivity index (χ1n) is 6.31. The van der Waals surface area contributed by atoms with Gasteiger partial charge in [0.1, 0.15) is 5.82 Å². The van der Waals surface area contributed by atoms with Crippen molar-refractivity contribution in [2.75, 3.05) is 0 Å². The highest BCUT2D eigenvalue weighted by Crippen LogP contribution is 2.18. The summed E-state index contributed by atoms with van der Waals surface area (Å²) in [5.41, 5.74) is 0.891. The molecule has 1 heterocycles. The van der Waals surface area contributed by atoms with Gasteiger partial charge < -0.3 is 9.67 Å². The number of allylic oxidation sites excluding steroid dienone is 2. The third-order valence-electron chi connectivity index (χ3n) is 3.25. The fraction of sp³-hybridized carbons (Fsp3) is 0.571. The molecular formula is C14H22N2O2. The van der Waals surface area contributed by atoms with Crippen molar-refractivity contribution >= 4 is 5.78 Å². The Labute approximate surface area is 108 Å². The number of carbonyl (C=O) groups is 1. The molecule has 18 heavy (non-hydrogen) atoms.